The standard InChI is InChI=1S/C13H17ClFN3O2/c14-11-2-1-10(9-12(11)15)20-6-3-17-13(16)18-4-7-19-8-5-18/h1-2,9H,3-8H2,(H2,16,17). The highest BCUT2D eigenvalue weighted by Gasteiger charge is 2.11. The van der Waals surface area contributed by atoms with Crippen molar-refractivity contribution in [3.05, 3.63) is 29.0 Å². The Hall–Kier alpha value is -1.53. The van der Waals surface area contributed by atoms with Gasteiger partial charge in [-0.05, 0) is 12.1 Å². The van der Waals surface area contributed by atoms with E-state index in [0.29, 0.717) is 38.1 Å². The Labute approximate surface area is 122 Å². The second kappa shape index (κ2) is 7.31. The summed E-state index contributed by atoms with van der Waals surface area (Å²) in [5.74, 6) is 0.409. The van der Waals surface area contributed by atoms with E-state index >= 15 is 0 Å². The van der Waals surface area contributed by atoms with Crippen LogP contribution >= 0.6 is 11.6 Å². The molecule has 1 heterocycles. The average molecular weight is 302 g/mol. The highest BCUT2D eigenvalue weighted by Crippen LogP contribution is 2.20. The molecule has 1 aromatic rings. The monoisotopic (exact) mass is 301 g/mol. The van der Waals surface area contributed by atoms with E-state index in [1.165, 1.54) is 12.1 Å². The van der Waals surface area contributed by atoms with E-state index in [1.54, 1.807) is 6.07 Å². The second-order valence-electron chi connectivity index (χ2n) is 4.26. The predicted molar refractivity (Wildman–Crippen MR) is 75.8 cm³/mol. The molecule has 7 heteroatoms. The van der Waals surface area contributed by atoms with Crippen LogP contribution in [-0.2, 0) is 4.74 Å². The Morgan fingerprint density at radius 2 is 2.20 bits per heavy atom. The molecule has 2 rings (SSSR count). The van der Waals surface area contributed by atoms with E-state index in [4.69, 9.17) is 26.8 Å². The molecule has 0 unspecified atom stereocenters. The van der Waals surface area contributed by atoms with Crippen molar-refractivity contribution >= 4 is 17.6 Å². The minimum absolute atomic E-state index is 0.0759. The van der Waals surface area contributed by atoms with Gasteiger partial charge in [0.25, 0.3) is 0 Å². The number of ether oxygens (including phenoxy) is 2. The lowest BCUT2D eigenvalue weighted by Crippen LogP contribution is -2.45. The maximum atomic E-state index is 13.2. The number of guanidine groups is 1. The first kappa shape index (κ1) is 14.9. The zero-order chi connectivity index (χ0) is 14.4. The number of aliphatic imine (C=N–C) groups is 1. The maximum absolute atomic E-state index is 13.2. The highest BCUT2D eigenvalue weighted by molar-refractivity contribution is 6.30. The highest BCUT2D eigenvalue weighted by atomic mass is 35.5. The summed E-state index contributed by atoms with van der Waals surface area (Å²) in [5.41, 5.74) is 5.86. The van der Waals surface area contributed by atoms with Crippen molar-refractivity contribution in [1.29, 1.82) is 0 Å². The fourth-order valence-corrected chi connectivity index (χ4v) is 1.90. The van der Waals surface area contributed by atoms with Crippen LogP contribution in [0.5, 0.6) is 5.75 Å². The van der Waals surface area contributed by atoms with E-state index in [9.17, 15) is 4.39 Å². The van der Waals surface area contributed by atoms with Gasteiger partial charge in [-0.25, -0.2) is 9.38 Å². The fourth-order valence-electron chi connectivity index (χ4n) is 1.78. The van der Waals surface area contributed by atoms with Gasteiger partial charge in [-0.15, -0.1) is 0 Å². The predicted octanol–water partition coefficient (Wildman–Crippen LogP) is 1.50. The number of rotatable bonds is 4. The molecule has 0 spiro atoms. The topological polar surface area (TPSA) is 60.1 Å². The van der Waals surface area contributed by atoms with Crippen LogP contribution in [0.1, 0.15) is 0 Å². The third-order valence-electron chi connectivity index (χ3n) is 2.86. The van der Waals surface area contributed by atoms with Gasteiger partial charge in [-0.1, -0.05) is 11.6 Å². The van der Waals surface area contributed by atoms with Crippen LogP contribution in [0.4, 0.5) is 4.39 Å². The molecule has 2 N–H and O–H groups in total. The Morgan fingerprint density at radius 3 is 2.90 bits per heavy atom. The van der Waals surface area contributed by atoms with Crippen LogP contribution in [0.3, 0.4) is 0 Å². The number of nitrogens with zero attached hydrogens (tertiary/aromatic N) is 2. The van der Waals surface area contributed by atoms with Crippen LogP contribution in [-0.4, -0.2) is 50.3 Å². The van der Waals surface area contributed by atoms with Gasteiger partial charge in [0.2, 0.25) is 0 Å². The van der Waals surface area contributed by atoms with Crippen molar-refractivity contribution in [2.75, 3.05) is 39.5 Å². The summed E-state index contributed by atoms with van der Waals surface area (Å²) in [7, 11) is 0. The third kappa shape index (κ3) is 4.25. The van der Waals surface area contributed by atoms with Gasteiger partial charge < -0.3 is 20.1 Å². The van der Waals surface area contributed by atoms with Crippen molar-refractivity contribution in [2.24, 2.45) is 10.7 Å². The van der Waals surface area contributed by atoms with Crippen molar-refractivity contribution in [3.63, 3.8) is 0 Å². The van der Waals surface area contributed by atoms with Crippen LogP contribution in [0, 0.1) is 5.82 Å². The molecule has 1 aliphatic rings. The average Bonchev–Trinajstić information content (AvgIpc) is 2.48. The van der Waals surface area contributed by atoms with Gasteiger partial charge in [-0.2, -0.15) is 0 Å². The van der Waals surface area contributed by atoms with E-state index in [-0.39, 0.29) is 5.02 Å². The molecule has 0 aromatic heterocycles. The summed E-state index contributed by atoms with van der Waals surface area (Å²) in [6, 6.07) is 4.31. The number of morpholine rings is 1. The molecule has 0 amide bonds. The number of hydrogen-bond donors (Lipinski definition) is 1. The SMILES string of the molecule is NC(=NCCOc1ccc(Cl)c(F)c1)N1CCOCC1. The van der Waals surface area contributed by atoms with Crippen molar-refractivity contribution in [2.45, 2.75) is 0 Å². The molecular weight excluding hydrogens is 285 g/mol. The van der Waals surface area contributed by atoms with Gasteiger partial charge in [0.05, 0.1) is 24.8 Å². The number of benzene rings is 1. The molecule has 0 radical (unpaired) electrons. The minimum atomic E-state index is -0.500. The normalized spacial score (nSPS) is 16.3. The van der Waals surface area contributed by atoms with Gasteiger partial charge in [-0.3, -0.25) is 0 Å². The fraction of sp³-hybridized carbons (Fsp3) is 0.462. The van der Waals surface area contributed by atoms with Crippen LogP contribution in [0.2, 0.25) is 5.02 Å². The smallest absolute Gasteiger partial charge is 0.191 e. The molecule has 1 aliphatic heterocycles. The van der Waals surface area contributed by atoms with Crippen molar-refractivity contribution in [1.82, 2.24) is 4.90 Å². The summed E-state index contributed by atoms with van der Waals surface area (Å²) in [6.07, 6.45) is 0. The molecule has 1 fully saturated rings. The summed E-state index contributed by atoms with van der Waals surface area (Å²) in [5, 5.41) is 0.0759. The molecule has 0 aliphatic carbocycles. The molecule has 1 aromatic carbocycles. The first-order chi connectivity index (χ1) is 9.66. The maximum Gasteiger partial charge on any atom is 0.191 e. The molecule has 0 bridgehead atoms. The molecule has 0 saturated carbocycles. The van der Waals surface area contributed by atoms with Gasteiger partial charge >= 0.3 is 0 Å². The molecular formula is C13H17ClFN3O2. The zero-order valence-electron chi connectivity index (χ0n) is 11.0. The summed E-state index contributed by atoms with van der Waals surface area (Å²) in [6.45, 7) is 3.56. The molecule has 0 atom stereocenters. The van der Waals surface area contributed by atoms with Gasteiger partial charge in [0.1, 0.15) is 18.2 Å². The summed E-state index contributed by atoms with van der Waals surface area (Å²) < 4.78 is 23.8. The largest absolute Gasteiger partial charge is 0.492 e. The van der Waals surface area contributed by atoms with E-state index < -0.39 is 5.82 Å². The Morgan fingerprint density at radius 1 is 1.45 bits per heavy atom. The molecule has 20 heavy (non-hydrogen) atoms. The molecule has 110 valence electrons. The van der Waals surface area contributed by atoms with Crippen LogP contribution in [0.25, 0.3) is 0 Å². The second-order valence-corrected chi connectivity index (χ2v) is 4.67. The number of nitrogens with two attached hydrogens (primary N) is 1. The Balaban J connectivity index is 1.76. The van der Waals surface area contributed by atoms with E-state index in [0.717, 1.165) is 13.1 Å². The summed E-state index contributed by atoms with van der Waals surface area (Å²) in [4.78, 5) is 6.19. The quantitative estimate of drug-likeness (QED) is 0.520. The first-order valence-corrected chi connectivity index (χ1v) is 6.75. The lowest BCUT2D eigenvalue weighted by atomic mass is 10.3. The number of hydrogen-bond acceptors (Lipinski definition) is 3. The zero-order valence-corrected chi connectivity index (χ0v) is 11.8. The Bertz CT molecular complexity index is 479. The number of halogens is 2. The Kier molecular flexibility index (Phi) is 5.43. The van der Waals surface area contributed by atoms with Gasteiger partial charge in [0, 0.05) is 19.2 Å². The van der Waals surface area contributed by atoms with E-state index in [1.807, 2.05) is 4.90 Å². The lowest BCUT2D eigenvalue weighted by Gasteiger charge is -2.27. The van der Waals surface area contributed by atoms with Crippen molar-refractivity contribution < 1.29 is 13.9 Å². The van der Waals surface area contributed by atoms with Gasteiger partial charge in [0.15, 0.2) is 5.96 Å². The molecule has 1 saturated heterocycles. The van der Waals surface area contributed by atoms with Crippen LogP contribution in [0.15, 0.2) is 23.2 Å². The summed E-state index contributed by atoms with van der Waals surface area (Å²) >= 11 is 5.58. The van der Waals surface area contributed by atoms with E-state index in [2.05, 4.69) is 4.99 Å². The van der Waals surface area contributed by atoms with Crippen molar-refractivity contribution in [3.8, 4) is 5.75 Å². The lowest BCUT2D eigenvalue weighted by molar-refractivity contribution is 0.0674. The first-order valence-electron chi connectivity index (χ1n) is 6.37. The van der Waals surface area contributed by atoms with Crippen LogP contribution < -0.4 is 10.5 Å². The minimum Gasteiger partial charge on any atom is -0.492 e. The third-order valence-corrected chi connectivity index (χ3v) is 3.17. The molecule has 5 nitrogen and oxygen atoms in total.